The molecule has 20 heavy (non-hydrogen) atoms. The molecule has 0 aliphatic heterocycles. The fourth-order valence-electron chi connectivity index (χ4n) is 1.51. The molecule has 0 amide bonds. The summed E-state index contributed by atoms with van der Waals surface area (Å²) in [4.78, 5) is 6.35. The van der Waals surface area contributed by atoms with Gasteiger partial charge in [-0.3, -0.25) is 0 Å². The van der Waals surface area contributed by atoms with Crippen LogP contribution in [0.1, 0.15) is 0 Å². The van der Waals surface area contributed by atoms with Gasteiger partial charge in [0.15, 0.2) is 5.82 Å². The highest BCUT2D eigenvalue weighted by Gasteiger charge is 2.01. The van der Waals surface area contributed by atoms with E-state index in [1.165, 1.54) is 12.1 Å². The van der Waals surface area contributed by atoms with E-state index >= 15 is 0 Å². The minimum atomic E-state index is -0.284. The third kappa shape index (κ3) is 4.43. The largest absolute Gasteiger partial charge is 0.367 e. The number of likely N-dealkylation sites (N-methyl/N-ethyl adjacent to an activating group) is 1. The van der Waals surface area contributed by atoms with Crippen LogP contribution in [0.15, 0.2) is 30.5 Å². The fraction of sp³-hybridized carbons (Fsp3) is 0.308. The van der Waals surface area contributed by atoms with Gasteiger partial charge in [-0.2, -0.15) is 10.1 Å². The Morgan fingerprint density at radius 1 is 1.20 bits per heavy atom. The molecule has 2 N–H and O–H groups in total. The van der Waals surface area contributed by atoms with Crippen LogP contribution in [0.25, 0.3) is 0 Å². The molecule has 1 heterocycles. The lowest BCUT2D eigenvalue weighted by molar-refractivity contribution is 0.425. The smallest absolute Gasteiger partial charge is 0.249 e. The summed E-state index contributed by atoms with van der Waals surface area (Å²) in [5.74, 6) is 0.728. The number of benzene rings is 1. The second-order valence-electron chi connectivity index (χ2n) is 4.53. The summed E-state index contributed by atoms with van der Waals surface area (Å²) in [5, 5.41) is 13.9. The number of nitrogens with zero attached hydrogens (tertiary/aromatic N) is 4. The molecule has 0 radical (unpaired) electrons. The molecule has 0 bridgehead atoms. The van der Waals surface area contributed by atoms with Crippen LogP contribution in [0.2, 0.25) is 0 Å². The minimum Gasteiger partial charge on any atom is -0.367 e. The van der Waals surface area contributed by atoms with Gasteiger partial charge in [-0.15, -0.1) is 5.10 Å². The van der Waals surface area contributed by atoms with Crippen LogP contribution in [-0.2, 0) is 0 Å². The van der Waals surface area contributed by atoms with Crippen molar-refractivity contribution in [2.75, 3.05) is 37.8 Å². The van der Waals surface area contributed by atoms with Crippen molar-refractivity contribution in [2.45, 2.75) is 0 Å². The Kier molecular flexibility index (Phi) is 4.78. The number of nitrogens with one attached hydrogen (secondary N) is 2. The molecule has 2 rings (SSSR count). The van der Waals surface area contributed by atoms with Crippen LogP contribution in [0, 0.1) is 5.82 Å². The van der Waals surface area contributed by atoms with Gasteiger partial charge in [-0.25, -0.2) is 4.39 Å². The summed E-state index contributed by atoms with van der Waals surface area (Å²) in [6.45, 7) is 1.66. The molecule has 0 spiro atoms. The van der Waals surface area contributed by atoms with Gasteiger partial charge < -0.3 is 15.5 Å². The molecular formula is C13H17FN6. The van der Waals surface area contributed by atoms with Crippen molar-refractivity contribution in [2.24, 2.45) is 0 Å². The van der Waals surface area contributed by atoms with E-state index in [2.05, 4.69) is 30.7 Å². The SMILES string of the molecule is CN(C)CCNc1cnnc(Nc2ccc(F)cc2)n1. The normalized spacial score (nSPS) is 10.6. The van der Waals surface area contributed by atoms with E-state index < -0.39 is 0 Å². The maximum absolute atomic E-state index is 12.8. The summed E-state index contributed by atoms with van der Waals surface area (Å²) in [5.41, 5.74) is 0.707. The van der Waals surface area contributed by atoms with Gasteiger partial charge in [-0.05, 0) is 38.4 Å². The standard InChI is InChI=1S/C13H17FN6/c1-20(2)8-7-15-12-9-16-19-13(18-12)17-11-5-3-10(14)4-6-11/h3-6,9H,7-8H2,1-2H3,(H2,15,17,18,19). The highest BCUT2D eigenvalue weighted by Crippen LogP contribution is 2.13. The van der Waals surface area contributed by atoms with Crippen molar-refractivity contribution in [3.8, 4) is 0 Å². The van der Waals surface area contributed by atoms with E-state index in [1.54, 1.807) is 18.3 Å². The minimum absolute atomic E-state index is 0.284. The van der Waals surface area contributed by atoms with Crippen LogP contribution in [0.3, 0.4) is 0 Å². The van der Waals surface area contributed by atoms with Crippen molar-refractivity contribution in [3.63, 3.8) is 0 Å². The molecule has 7 heteroatoms. The highest BCUT2D eigenvalue weighted by atomic mass is 19.1. The van der Waals surface area contributed by atoms with Gasteiger partial charge in [0.2, 0.25) is 5.95 Å². The number of hydrogen-bond acceptors (Lipinski definition) is 6. The Morgan fingerprint density at radius 2 is 1.95 bits per heavy atom. The molecular weight excluding hydrogens is 259 g/mol. The fourth-order valence-corrected chi connectivity index (χ4v) is 1.51. The van der Waals surface area contributed by atoms with Crippen LogP contribution in [-0.4, -0.2) is 47.3 Å². The van der Waals surface area contributed by atoms with E-state index in [1.807, 2.05) is 14.1 Å². The lowest BCUT2D eigenvalue weighted by Crippen LogP contribution is -2.21. The molecule has 0 saturated carbocycles. The molecule has 0 fully saturated rings. The molecule has 106 valence electrons. The quantitative estimate of drug-likeness (QED) is 0.837. The molecule has 0 unspecified atom stereocenters. The zero-order valence-electron chi connectivity index (χ0n) is 11.5. The van der Waals surface area contributed by atoms with Crippen molar-refractivity contribution in [3.05, 3.63) is 36.3 Å². The Hall–Kier alpha value is -2.28. The van der Waals surface area contributed by atoms with Crippen molar-refractivity contribution < 1.29 is 4.39 Å². The molecule has 6 nitrogen and oxygen atoms in total. The van der Waals surface area contributed by atoms with Gasteiger partial charge in [0, 0.05) is 18.8 Å². The van der Waals surface area contributed by atoms with E-state index in [9.17, 15) is 4.39 Å². The summed E-state index contributed by atoms with van der Waals surface area (Å²) in [7, 11) is 4.00. The van der Waals surface area contributed by atoms with Gasteiger partial charge in [-0.1, -0.05) is 0 Å². The Balaban J connectivity index is 1.96. The number of hydrogen-bond donors (Lipinski definition) is 2. The Morgan fingerprint density at radius 3 is 2.65 bits per heavy atom. The van der Waals surface area contributed by atoms with E-state index in [-0.39, 0.29) is 5.82 Å². The average molecular weight is 276 g/mol. The molecule has 0 aliphatic rings. The topological polar surface area (TPSA) is 66.0 Å². The van der Waals surface area contributed by atoms with Gasteiger partial charge in [0.25, 0.3) is 0 Å². The van der Waals surface area contributed by atoms with E-state index in [4.69, 9.17) is 0 Å². The van der Waals surface area contributed by atoms with Crippen LogP contribution in [0.5, 0.6) is 0 Å². The molecule has 1 aromatic heterocycles. The summed E-state index contributed by atoms with van der Waals surface area (Å²) in [6.07, 6.45) is 1.56. The lowest BCUT2D eigenvalue weighted by Gasteiger charge is -2.11. The zero-order chi connectivity index (χ0) is 14.4. The number of halogens is 1. The highest BCUT2D eigenvalue weighted by molar-refractivity contribution is 5.53. The van der Waals surface area contributed by atoms with Gasteiger partial charge in [0.05, 0.1) is 6.20 Å². The summed E-state index contributed by atoms with van der Waals surface area (Å²) in [6, 6.07) is 5.97. The third-order valence-corrected chi connectivity index (χ3v) is 2.52. The summed E-state index contributed by atoms with van der Waals surface area (Å²) < 4.78 is 12.8. The van der Waals surface area contributed by atoms with Crippen LogP contribution >= 0.6 is 0 Å². The predicted molar refractivity (Wildman–Crippen MR) is 76.6 cm³/mol. The first kappa shape index (κ1) is 14.1. The number of anilines is 3. The molecule has 0 atom stereocenters. The molecule has 0 saturated heterocycles. The molecule has 2 aromatic rings. The molecule has 0 aliphatic carbocycles. The Labute approximate surface area is 117 Å². The maximum atomic E-state index is 12.8. The van der Waals surface area contributed by atoms with E-state index in [0.717, 1.165) is 13.1 Å². The maximum Gasteiger partial charge on any atom is 0.249 e. The first-order chi connectivity index (χ1) is 9.63. The van der Waals surface area contributed by atoms with Gasteiger partial charge >= 0.3 is 0 Å². The van der Waals surface area contributed by atoms with Crippen molar-refractivity contribution in [1.82, 2.24) is 20.1 Å². The van der Waals surface area contributed by atoms with Crippen LogP contribution < -0.4 is 10.6 Å². The zero-order valence-corrected chi connectivity index (χ0v) is 11.5. The van der Waals surface area contributed by atoms with E-state index in [0.29, 0.717) is 17.5 Å². The Bertz CT molecular complexity index is 543. The predicted octanol–water partition coefficient (Wildman–Crippen LogP) is 1.73. The number of rotatable bonds is 6. The first-order valence-corrected chi connectivity index (χ1v) is 6.24. The van der Waals surface area contributed by atoms with Gasteiger partial charge in [0.1, 0.15) is 5.82 Å². The van der Waals surface area contributed by atoms with Crippen molar-refractivity contribution >= 4 is 17.5 Å². The van der Waals surface area contributed by atoms with Crippen molar-refractivity contribution in [1.29, 1.82) is 0 Å². The summed E-state index contributed by atoms with van der Waals surface area (Å²) >= 11 is 0. The molecule has 1 aromatic carbocycles. The third-order valence-electron chi connectivity index (χ3n) is 2.52. The monoisotopic (exact) mass is 276 g/mol. The lowest BCUT2D eigenvalue weighted by atomic mass is 10.3. The average Bonchev–Trinajstić information content (AvgIpc) is 2.41. The second kappa shape index (κ2) is 6.76. The first-order valence-electron chi connectivity index (χ1n) is 6.24. The number of aromatic nitrogens is 3. The van der Waals surface area contributed by atoms with Crippen LogP contribution in [0.4, 0.5) is 21.8 Å². The second-order valence-corrected chi connectivity index (χ2v) is 4.53.